The predicted molar refractivity (Wildman–Crippen MR) is 71.1 cm³/mol. The van der Waals surface area contributed by atoms with E-state index < -0.39 is 0 Å². The van der Waals surface area contributed by atoms with E-state index in [2.05, 4.69) is 11.1 Å². The molecule has 1 unspecified atom stereocenters. The number of halogens is 1. The Labute approximate surface area is 106 Å². The Kier molecular flexibility index (Phi) is 3.50. The smallest absolute Gasteiger partial charge is 0.0951 e. The standard InChI is InChI=1S/C13H16ClN3/c1-9-3-4-11(5-12(9)14)13-6-16-8-17(13)7-10(2)15/h3-6,8,10H,7,15H2,1-2H3. The molecule has 0 aliphatic heterocycles. The molecule has 1 heterocycles. The van der Waals surface area contributed by atoms with Crippen LogP contribution in [0.5, 0.6) is 0 Å². The van der Waals surface area contributed by atoms with Gasteiger partial charge in [-0.05, 0) is 25.5 Å². The van der Waals surface area contributed by atoms with E-state index in [4.69, 9.17) is 17.3 Å². The second-order valence-corrected chi connectivity index (χ2v) is 4.78. The van der Waals surface area contributed by atoms with Gasteiger partial charge in [0.15, 0.2) is 0 Å². The lowest BCUT2D eigenvalue weighted by Crippen LogP contribution is -2.22. The van der Waals surface area contributed by atoms with Crippen LogP contribution in [0.4, 0.5) is 0 Å². The lowest BCUT2D eigenvalue weighted by molar-refractivity contribution is 0.593. The molecule has 0 aliphatic carbocycles. The number of rotatable bonds is 3. The maximum absolute atomic E-state index is 6.13. The fourth-order valence-corrected chi connectivity index (χ4v) is 1.95. The summed E-state index contributed by atoms with van der Waals surface area (Å²) in [4.78, 5) is 4.17. The predicted octanol–water partition coefficient (Wildman–Crippen LogP) is 2.86. The van der Waals surface area contributed by atoms with Crippen LogP contribution in [0.1, 0.15) is 12.5 Å². The van der Waals surface area contributed by atoms with Crippen LogP contribution >= 0.6 is 11.6 Å². The normalized spacial score (nSPS) is 12.7. The minimum Gasteiger partial charge on any atom is -0.329 e. The summed E-state index contributed by atoms with van der Waals surface area (Å²) in [5.74, 6) is 0. The van der Waals surface area contributed by atoms with Gasteiger partial charge >= 0.3 is 0 Å². The number of imidazole rings is 1. The van der Waals surface area contributed by atoms with Gasteiger partial charge in [0.1, 0.15) is 0 Å². The molecule has 1 aromatic carbocycles. The summed E-state index contributed by atoms with van der Waals surface area (Å²) < 4.78 is 2.05. The number of aromatic nitrogens is 2. The van der Waals surface area contributed by atoms with Crippen molar-refractivity contribution in [1.29, 1.82) is 0 Å². The number of aryl methyl sites for hydroxylation is 1. The van der Waals surface area contributed by atoms with Gasteiger partial charge in [0.2, 0.25) is 0 Å². The molecule has 90 valence electrons. The molecule has 0 radical (unpaired) electrons. The monoisotopic (exact) mass is 249 g/mol. The first-order chi connectivity index (χ1) is 8.08. The van der Waals surface area contributed by atoms with Crippen molar-refractivity contribution in [1.82, 2.24) is 9.55 Å². The topological polar surface area (TPSA) is 43.8 Å². The first kappa shape index (κ1) is 12.1. The van der Waals surface area contributed by atoms with Gasteiger partial charge in [-0.3, -0.25) is 0 Å². The van der Waals surface area contributed by atoms with Crippen LogP contribution in [0.25, 0.3) is 11.3 Å². The van der Waals surface area contributed by atoms with Crippen molar-refractivity contribution in [2.45, 2.75) is 26.4 Å². The summed E-state index contributed by atoms with van der Waals surface area (Å²) >= 11 is 6.13. The van der Waals surface area contributed by atoms with E-state index in [0.717, 1.165) is 28.4 Å². The minimum atomic E-state index is 0.101. The highest BCUT2D eigenvalue weighted by molar-refractivity contribution is 6.31. The zero-order valence-electron chi connectivity index (χ0n) is 10.0. The van der Waals surface area contributed by atoms with E-state index >= 15 is 0 Å². The Morgan fingerprint density at radius 1 is 1.47 bits per heavy atom. The Morgan fingerprint density at radius 2 is 2.24 bits per heavy atom. The molecule has 0 saturated heterocycles. The molecule has 1 aromatic heterocycles. The lowest BCUT2D eigenvalue weighted by atomic mass is 10.1. The van der Waals surface area contributed by atoms with Crippen LogP contribution in [0.15, 0.2) is 30.7 Å². The minimum absolute atomic E-state index is 0.101. The fraction of sp³-hybridized carbons (Fsp3) is 0.308. The van der Waals surface area contributed by atoms with Crippen molar-refractivity contribution in [2.24, 2.45) is 5.73 Å². The highest BCUT2D eigenvalue weighted by atomic mass is 35.5. The summed E-state index contributed by atoms with van der Waals surface area (Å²) in [5, 5.41) is 0.774. The molecular weight excluding hydrogens is 234 g/mol. The first-order valence-electron chi connectivity index (χ1n) is 5.60. The van der Waals surface area contributed by atoms with Gasteiger partial charge in [-0.2, -0.15) is 0 Å². The van der Waals surface area contributed by atoms with Crippen molar-refractivity contribution in [3.05, 3.63) is 41.3 Å². The van der Waals surface area contributed by atoms with Crippen molar-refractivity contribution < 1.29 is 0 Å². The van der Waals surface area contributed by atoms with Crippen LogP contribution < -0.4 is 5.73 Å². The molecule has 0 amide bonds. The SMILES string of the molecule is Cc1ccc(-c2cncn2CC(C)N)cc1Cl. The Morgan fingerprint density at radius 3 is 2.88 bits per heavy atom. The molecule has 2 rings (SSSR count). The van der Waals surface area contributed by atoms with Gasteiger partial charge < -0.3 is 10.3 Å². The number of hydrogen-bond donors (Lipinski definition) is 1. The van der Waals surface area contributed by atoms with E-state index in [9.17, 15) is 0 Å². The van der Waals surface area contributed by atoms with Gasteiger partial charge in [-0.15, -0.1) is 0 Å². The van der Waals surface area contributed by atoms with Crippen molar-refractivity contribution >= 4 is 11.6 Å². The third-order valence-corrected chi connectivity index (χ3v) is 3.07. The Bertz CT molecular complexity index is 517. The van der Waals surface area contributed by atoms with Gasteiger partial charge in [-0.1, -0.05) is 23.7 Å². The largest absolute Gasteiger partial charge is 0.329 e. The molecule has 0 bridgehead atoms. The summed E-state index contributed by atoms with van der Waals surface area (Å²) in [6, 6.07) is 6.13. The molecule has 0 aliphatic rings. The van der Waals surface area contributed by atoms with Gasteiger partial charge in [0.05, 0.1) is 18.2 Å². The second-order valence-electron chi connectivity index (χ2n) is 4.37. The van der Waals surface area contributed by atoms with E-state index in [-0.39, 0.29) is 6.04 Å². The second kappa shape index (κ2) is 4.90. The average Bonchev–Trinajstić information content (AvgIpc) is 2.69. The number of nitrogens with two attached hydrogens (primary N) is 1. The summed E-state index contributed by atoms with van der Waals surface area (Å²) in [7, 11) is 0. The van der Waals surface area contributed by atoms with E-state index in [1.807, 2.05) is 36.7 Å². The molecule has 17 heavy (non-hydrogen) atoms. The number of benzene rings is 1. The number of nitrogens with zero attached hydrogens (tertiary/aromatic N) is 2. The zero-order valence-corrected chi connectivity index (χ0v) is 10.8. The van der Waals surface area contributed by atoms with Gasteiger partial charge in [0.25, 0.3) is 0 Å². The molecule has 4 heteroatoms. The quantitative estimate of drug-likeness (QED) is 0.909. The fourth-order valence-electron chi connectivity index (χ4n) is 1.77. The number of hydrogen-bond acceptors (Lipinski definition) is 2. The van der Waals surface area contributed by atoms with Crippen molar-refractivity contribution in [3.63, 3.8) is 0 Å². The van der Waals surface area contributed by atoms with E-state index in [1.165, 1.54) is 0 Å². The van der Waals surface area contributed by atoms with E-state index in [0.29, 0.717) is 0 Å². The molecule has 3 nitrogen and oxygen atoms in total. The highest BCUT2D eigenvalue weighted by Crippen LogP contribution is 2.25. The molecular formula is C13H16ClN3. The van der Waals surface area contributed by atoms with E-state index in [1.54, 1.807) is 6.33 Å². The highest BCUT2D eigenvalue weighted by Gasteiger charge is 2.07. The first-order valence-corrected chi connectivity index (χ1v) is 5.98. The van der Waals surface area contributed by atoms with Crippen LogP contribution in [-0.2, 0) is 6.54 Å². The zero-order chi connectivity index (χ0) is 12.4. The van der Waals surface area contributed by atoms with Crippen molar-refractivity contribution in [3.8, 4) is 11.3 Å². The van der Waals surface area contributed by atoms with Crippen LogP contribution in [-0.4, -0.2) is 15.6 Å². The van der Waals surface area contributed by atoms with Crippen LogP contribution in [0, 0.1) is 6.92 Å². The van der Waals surface area contributed by atoms with Gasteiger partial charge in [0, 0.05) is 23.2 Å². The molecule has 2 N–H and O–H groups in total. The average molecular weight is 250 g/mol. The van der Waals surface area contributed by atoms with Gasteiger partial charge in [-0.25, -0.2) is 4.98 Å². The molecule has 1 atom stereocenters. The molecule has 0 fully saturated rings. The third kappa shape index (κ3) is 2.68. The Hall–Kier alpha value is -1.32. The molecule has 0 saturated carbocycles. The van der Waals surface area contributed by atoms with Crippen LogP contribution in [0.2, 0.25) is 5.02 Å². The van der Waals surface area contributed by atoms with Crippen molar-refractivity contribution in [2.75, 3.05) is 0 Å². The maximum Gasteiger partial charge on any atom is 0.0951 e. The molecule has 2 aromatic rings. The molecule has 0 spiro atoms. The summed E-state index contributed by atoms with van der Waals surface area (Å²) in [5.41, 5.74) is 9.00. The van der Waals surface area contributed by atoms with Crippen LogP contribution in [0.3, 0.4) is 0 Å². The summed E-state index contributed by atoms with van der Waals surface area (Å²) in [6.45, 7) is 4.72. The third-order valence-electron chi connectivity index (χ3n) is 2.66. The maximum atomic E-state index is 6.13. The lowest BCUT2D eigenvalue weighted by Gasteiger charge is -2.11. The Balaban J connectivity index is 2.39. The summed E-state index contributed by atoms with van der Waals surface area (Å²) in [6.07, 6.45) is 3.63.